The minimum Gasteiger partial charge on any atom is -0.311 e. The van der Waals surface area contributed by atoms with Crippen LogP contribution in [0, 0.1) is 16.0 Å². The van der Waals surface area contributed by atoms with Crippen molar-refractivity contribution in [2.24, 2.45) is 5.92 Å². The van der Waals surface area contributed by atoms with Gasteiger partial charge in [0.2, 0.25) is 0 Å². The maximum atomic E-state index is 11.0. The third kappa shape index (κ3) is 3.99. The lowest BCUT2D eigenvalue weighted by Gasteiger charge is -2.04. The average molecular weight is 310 g/mol. The van der Waals surface area contributed by atoms with Gasteiger partial charge in [-0.2, -0.15) is 0 Å². The van der Waals surface area contributed by atoms with Crippen molar-refractivity contribution in [3.05, 3.63) is 45.2 Å². The Labute approximate surface area is 127 Å². The third-order valence-corrected chi connectivity index (χ3v) is 3.02. The molecule has 8 heteroatoms. The van der Waals surface area contributed by atoms with Gasteiger partial charge in [0.25, 0.3) is 5.69 Å². The lowest BCUT2D eigenvalue weighted by atomic mass is 10.2. The number of benzene rings is 1. The molecule has 1 aromatic carbocycles. The molecule has 1 aromatic heterocycles. The summed E-state index contributed by atoms with van der Waals surface area (Å²) in [5.41, 5.74) is 0.950. The first-order chi connectivity index (χ1) is 9.97. The number of rotatable bonds is 6. The second-order valence-corrected chi connectivity index (χ2v) is 5.51. The molecular formula is C13H16ClN5O2. The molecule has 0 aliphatic carbocycles. The first-order valence-corrected chi connectivity index (χ1v) is 6.91. The van der Waals surface area contributed by atoms with Gasteiger partial charge in [-0.15, -0.1) is 5.10 Å². The molecule has 0 unspecified atom stereocenters. The van der Waals surface area contributed by atoms with Gasteiger partial charge in [-0.1, -0.05) is 30.7 Å². The highest BCUT2D eigenvalue weighted by Crippen LogP contribution is 2.25. The lowest BCUT2D eigenvalue weighted by Crippen LogP contribution is -2.19. The van der Waals surface area contributed by atoms with Crippen LogP contribution in [0.2, 0.25) is 5.02 Å². The van der Waals surface area contributed by atoms with Gasteiger partial charge in [0.05, 0.1) is 16.8 Å². The van der Waals surface area contributed by atoms with Crippen molar-refractivity contribution in [3.63, 3.8) is 0 Å². The predicted molar refractivity (Wildman–Crippen MR) is 79.6 cm³/mol. The fourth-order valence-electron chi connectivity index (χ4n) is 1.82. The molecule has 0 fully saturated rings. The summed E-state index contributed by atoms with van der Waals surface area (Å²) >= 11 is 5.90. The Morgan fingerprint density at radius 1 is 1.48 bits per heavy atom. The minimum absolute atomic E-state index is 0.0639. The molecule has 2 rings (SSSR count). The summed E-state index contributed by atoms with van der Waals surface area (Å²) in [5.74, 6) is 0.536. The summed E-state index contributed by atoms with van der Waals surface area (Å²) in [6, 6.07) is 4.33. The van der Waals surface area contributed by atoms with Crippen LogP contribution in [0.4, 0.5) is 5.69 Å². The van der Waals surface area contributed by atoms with Crippen LogP contribution in [0.1, 0.15) is 19.5 Å². The van der Waals surface area contributed by atoms with E-state index in [0.717, 1.165) is 6.54 Å². The molecule has 7 nitrogen and oxygen atoms in total. The molecule has 0 saturated heterocycles. The van der Waals surface area contributed by atoms with Crippen molar-refractivity contribution in [1.82, 2.24) is 20.3 Å². The summed E-state index contributed by atoms with van der Waals surface area (Å²) < 4.78 is 1.37. The van der Waals surface area contributed by atoms with E-state index in [1.807, 2.05) is 0 Å². The van der Waals surface area contributed by atoms with Crippen LogP contribution in [0.15, 0.2) is 24.4 Å². The van der Waals surface area contributed by atoms with E-state index in [1.54, 1.807) is 6.20 Å². The first kappa shape index (κ1) is 15.4. The van der Waals surface area contributed by atoms with Gasteiger partial charge < -0.3 is 5.32 Å². The Hall–Kier alpha value is -1.99. The van der Waals surface area contributed by atoms with Crippen LogP contribution in [0.25, 0.3) is 5.69 Å². The van der Waals surface area contributed by atoms with E-state index < -0.39 is 4.92 Å². The van der Waals surface area contributed by atoms with E-state index in [-0.39, 0.29) is 5.69 Å². The summed E-state index contributed by atoms with van der Waals surface area (Å²) in [7, 11) is 0. The van der Waals surface area contributed by atoms with E-state index in [0.29, 0.717) is 28.9 Å². The average Bonchev–Trinajstić information content (AvgIpc) is 2.86. The highest BCUT2D eigenvalue weighted by atomic mass is 35.5. The number of nitro groups is 1. The second kappa shape index (κ2) is 6.64. The van der Waals surface area contributed by atoms with Gasteiger partial charge in [-0.3, -0.25) is 10.1 Å². The second-order valence-electron chi connectivity index (χ2n) is 5.07. The van der Waals surface area contributed by atoms with Crippen molar-refractivity contribution >= 4 is 17.3 Å². The number of hydrogen-bond acceptors (Lipinski definition) is 5. The summed E-state index contributed by atoms with van der Waals surface area (Å²) in [4.78, 5) is 10.6. The fraction of sp³-hybridized carbons (Fsp3) is 0.385. The number of nitrogens with zero attached hydrogens (tertiary/aromatic N) is 4. The Balaban J connectivity index is 2.21. The summed E-state index contributed by atoms with van der Waals surface area (Å²) in [6.45, 7) is 5.65. The topological polar surface area (TPSA) is 85.9 Å². The monoisotopic (exact) mass is 309 g/mol. The zero-order chi connectivity index (χ0) is 15.4. The molecule has 0 atom stereocenters. The zero-order valence-corrected chi connectivity index (χ0v) is 12.5. The first-order valence-electron chi connectivity index (χ1n) is 6.53. The van der Waals surface area contributed by atoms with Crippen molar-refractivity contribution in [2.45, 2.75) is 20.4 Å². The Kier molecular flexibility index (Phi) is 4.87. The highest BCUT2D eigenvalue weighted by molar-refractivity contribution is 6.30. The van der Waals surface area contributed by atoms with Crippen LogP contribution in [0.5, 0.6) is 0 Å². The number of nitro benzene ring substituents is 1. The SMILES string of the molecule is CC(C)CNCc1cn(-c2cc(Cl)ccc2[N+](=O)[O-])nn1. The molecule has 1 heterocycles. The van der Waals surface area contributed by atoms with Crippen molar-refractivity contribution in [1.29, 1.82) is 0 Å². The number of nitrogens with one attached hydrogen (secondary N) is 1. The standard InChI is InChI=1S/C13H16ClN5O2/c1-9(2)6-15-7-11-8-18(17-16-11)13-5-10(14)3-4-12(13)19(20)21/h3-5,8-9,15H,6-7H2,1-2H3. The molecule has 0 bridgehead atoms. The largest absolute Gasteiger partial charge is 0.311 e. The lowest BCUT2D eigenvalue weighted by molar-refractivity contribution is -0.384. The van der Waals surface area contributed by atoms with E-state index in [2.05, 4.69) is 29.5 Å². The van der Waals surface area contributed by atoms with Gasteiger partial charge in [-0.05, 0) is 24.6 Å². The molecule has 0 aliphatic rings. The van der Waals surface area contributed by atoms with Gasteiger partial charge in [-0.25, -0.2) is 4.68 Å². The Morgan fingerprint density at radius 3 is 2.90 bits per heavy atom. The normalized spacial score (nSPS) is 11.0. The van der Waals surface area contributed by atoms with Gasteiger partial charge >= 0.3 is 0 Å². The van der Waals surface area contributed by atoms with E-state index >= 15 is 0 Å². The number of aromatic nitrogens is 3. The molecule has 0 aliphatic heterocycles. The van der Waals surface area contributed by atoms with Gasteiger partial charge in [0.1, 0.15) is 5.69 Å². The van der Waals surface area contributed by atoms with E-state index in [9.17, 15) is 10.1 Å². The molecule has 0 radical (unpaired) electrons. The fourth-order valence-corrected chi connectivity index (χ4v) is 1.99. The summed E-state index contributed by atoms with van der Waals surface area (Å²) in [5, 5.41) is 22.6. The van der Waals surface area contributed by atoms with Crippen molar-refractivity contribution in [2.75, 3.05) is 6.54 Å². The molecule has 0 amide bonds. The van der Waals surface area contributed by atoms with Crippen LogP contribution in [-0.4, -0.2) is 26.5 Å². The van der Waals surface area contributed by atoms with E-state index in [4.69, 9.17) is 11.6 Å². The molecular weight excluding hydrogens is 294 g/mol. The number of halogens is 1. The van der Waals surface area contributed by atoms with E-state index in [1.165, 1.54) is 22.9 Å². The quantitative estimate of drug-likeness (QED) is 0.654. The maximum Gasteiger partial charge on any atom is 0.295 e. The minimum atomic E-state index is -0.468. The molecule has 2 aromatic rings. The highest BCUT2D eigenvalue weighted by Gasteiger charge is 2.17. The summed E-state index contributed by atoms with van der Waals surface area (Å²) in [6.07, 6.45) is 1.66. The third-order valence-electron chi connectivity index (χ3n) is 2.78. The molecule has 0 saturated carbocycles. The van der Waals surface area contributed by atoms with Crippen LogP contribution < -0.4 is 5.32 Å². The van der Waals surface area contributed by atoms with Crippen LogP contribution in [0.3, 0.4) is 0 Å². The predicted octanol–water partition coefficient (Wildman–Crippen LogP) is 2.57. The number of hydrogen-bond donors (Lipinski definition) is 1. The molecule has 1 N–H and O–H groups in total. The molecule has 0 spiro atoms. The Morgan fingerprint density at radius 2 is 2.24 bits per heavy atom. The molecule has 21 heavy (non-hydrogen) atoms. The van der Waals surface area contributed by atoms with Crippen LogP contribution in [-0.2, 0) is 6.54 Å². The zero-order valence-electron chi connectivity index (χ0n) is 11.8. The van der Waals surface area contributed by atoms with Crippen molar-refractivity contribution < 1.29 is 4.92 Å². The Bertz CT molecular complexity index is 641. The maximum absolute atomic E-state index is 11.0. The molecule has 112 valence electrons. The van der Waals surface area contributed by atoms with Crippen molar-refractivity contribution in [3.8, 4) is 5.69 Å². The van der Waals surface area contributed by atoms with Gasteiger partial charge in [0.15, 0.2) is 0 Å². The van der Waals surface area contributed by atoms with Crippen LogP contribution >= 0.6 is 11.6 Å². The van der Waals surface area contributed by atoms with Gasteiger partial charge in [0, 0.05) is 17.6 Å². The smallest absolute Gasteiger partial charge is 0.295 e.